The quantitative estimate of drug-likeness (QED) is 0.893. The summed E-state index contributed by atoms with van der Waals surface area (Å²) in [6.07, 6.45) is -4.52. The maximum Gasteiger partial charge on any atom is 0.416 e. The molecule has 130 valence electrons. The number of hydrogen-bond acceptors (Lipinski definition) is 3. The van der Waals surface area contributed by atoms with Crippen molar-refractivity contribution in [3.8, 4) is 5.75 Å². The minimum atomic E-state index is -4.41. The lowest BCUT2D eigenvalue weighted by molar-refractivity contribution is -0.137. The zero-order chi connectivity index (χ0) is 18.0. The van der Waals surface area contributed by atoms with Crippen LogP contribution >= 0.6 is 0 Å². The van der Waals surface area contributed by atoms with Crippen LogP contribution < -0.4 is 15.4 Å². The highest BCUT2D eigenvalue weighted by Gasteiger charge is 2.30. The number of hydrogen-bond donors (Lipinski definition) is 2. The first-order valence-corrected chi connectivity index (χ1v) is 7.34. The molecule has 0 aromatic heterocycles. The van der Waals surface area contributed by atoms with Crippen LogP contribution in [0.2, 0.25) is 0 Å². The number of carbonyl (C=O) groups excluding carboxylic acids is 2. The van der Waals surface area contributed by atoms with Gasteiger partial charge < -0.3 is 15.4 Å². The van der Waals surface area contributed by atoms with Crippen LogP contribution in [0.25, 0.3) is 0 Å². The number of nitrogens with one attached hydrogen (secondary N) is 2. The smallest absolute Gasteiger partial charge is 0.416 e. The molecule has 0 unspecified atom stereocenters. The summed E-state index contributed by atoms with van der Waals surface area (Å²) < 4.78 is 42.9. The molecule has 1 aliphatic rings. The number of benzene rings is 2. The number of fused-ring (bicyclic) bond motifs is 1. The minimum absolute atomic E-state index is 0.101. The normalized spacial score (nSPS) is 13.5. The maximum atomic E-state index is 12.5. The van der Waals surface area contributed by atoms with Crippen molar-refractivity contribution in [3.05, 3.63) is 53.6 Å². The van der Waals surface area contributed by atoms with E-state index in [0.717, 1.165) is 12.1 Å². The molecule has 1 aliphatic heterocycles. The van der Waals surface area contributed by atoms with E-state index in [2.05, 4.69) is 10.6 Å². The van der Waals surface area contributed by atoms with Crippen molar-refractivity contribution >= 4 is 23.2 Å². The number of amides is 2. The molecular weight excluding hydrogens is 337 g/mol. The largest absolute Gasteiger partial charge is 0.481 e. The van der Waals surface area contributed by atoms with Gasteiger partial charge in [0.25, 0.3) is 5.91 Å². The van der Waals surface area contributed by atoms with Gasteiger partial charge in [0.05, 0.1) is 17.7 Å². The molecule has 0 saturated carbocycles. The molecule has 0 aliphatic carbocycles. The molecule has 5 nitrogen and oxygen atoms in total. The summed E-state index contributed by atoms with van der Waals surface area (Å²) in [6.45, 7) is -0.101. The second kappa shape index (κ2) is 6.46. The molecule has 3 rings (SSSR count). The van der Waals surface area contributed by atoms with Gasteiger partial charge in [0.2, 0.25) is 5.91 Å². The summed E-state index contributed by atoms with van der Waals surface area (Å²) in [4.78, 5) is 23.6. The van der Waals surface area contributed by atoms with Gasteiger partial charge in [-0.2, -0.15) is 13.2 Å². The van der Waals surface area contributed by atoms with E-state index >= 15 is 0 Å². The van der Waals surface area contributed by atoms with E-state index in [4.69, 9.17) is 4.74 Å². The molecule has 0 radical (unpaired) electrons. The Morgan fingerprint density at radius 1 is 1.16 bits per heavy atom. The Hall–Kier alpha value is -3.03. The van der Waals surface area contributed by atoms with Gasteiger partial charge in [-0.3, -0.25) is 9.59 Å². The van der Waals surface area contributed by atoms with Crippen LogP contribution in [0.4, 0.5) is 24.5 Å². The third-order valence-electron chi connectivity index (χ3n) is 3.57. The second-order valence-electron chi connectivity index (χ2n) is 5.44. The van der Waals surface area contributed by atoms with Gasteiger partial charge in [-0.15, -0.1) is 0 Å². The van der Waals surface area contributed by atoms with Crippen LogP contribution in [0.5, 0.6) is 5.75 Å². The van der Waals surface area contributed by atoms with Gasteiger partial charge in [-0.05, 0) is 29.8 Å². The molecule has 25 heavy (non-hydrogen) atoms. The third-order valence-corrected chi connectivity index (χ3v) is 3.57. The van der Waals surface area contributed by atoms with Crippen LogP contribution in [0.15, 0.2) is 42.5 Å². The number of anilines is 2. The monoisotopic (exact) mass is 350 g/mol. The van der Waals surface area contributed by atoms with E-state index in [1.54, 1.807) is 18.2 Å². The van der Waals surface area contributed by atoms with E-state index in [1.165, 1.54) is 12.1 Å². The number of rotatable bonds is 3. The fourth-order valence-corrected chi connectivity index (χ4v) is 2.39. The van der Waals surface area contributed by atoms with E-state index in [0.29, 0.717) is 22.7 Å². The van der Waals surface area contributed by atoms with E-state index in [9.17, 15) is 22.8 Å². The Bertz CT molecular complexity index is 817. The summed E-state index contributed by atoms with van der Waals surface area (Å²) in [5, 5.41) is 5.25. The van der Waals surface area contributed by atoms with Gasteiger partial charge >= 0.3 is 6.18 Å². The van der Waals surface area contributed by atoms with Gasteiger partial charge in [0.15, 0.2) is 6.61 Å². The molecule has 2 amide bonds. The van der Waals surface area contributed by atoms with Crippen LogP contribution in [0.3, 0.4) is 0 Å². The first kappa shape index (κ1) is 16.8. The zero-order valence-corrected chi connectivity index (χ0v) is 12.8. The molecule has 8 heteroatoms. The van der Waals surface area contributed by atoms with Gasteiger partial charge in [-0.1, -0.05) is 18.2 Å². The standard InChI is InChI=1S/C17H13F3N2O3/c18-17(19,20)11-6-4-10(5-7-11)8-14(23)21-12-2-1-3-13-16(12)22-15(24)9-25-13/h1-7H,8-9H2,(H,21,23)(H,22,24). The average molecular weight is 350 g/mol. The van der Waals surface area contributed by atoms with E-state index < -0.39 is 17.6 Å². The first-order chi connectivity index (χ1) is 11.8. The van der Waals surface area contributed by atoms with Crippen molar-refractivity contribution in [3.63, 3.8) is 0 Å². The second-order valence-corrected chi connectivity index (χ2v) is 5.44. The molecule has 0 saturated heterocycles. The Balaban J connectivity index is 1.70. The van der Waals surface area contributed by atoms with Gasteiger partial charge in [0.1, 0.15) is 11.4 Å². The Labute approximate surface area is 140 Å². The van der Waals surface area contributed by atoms with E-state index in [-0.39, 0.29) is 18.9 Å². The minimum Gasteiger partial charge on any atom is -0.481 e. The molecule has 2 aromatic rings. The van der Waals surface area contributed by atoms with Gasteiger partial charge in [-0.25, -0.2) is 0 Å². The number of ether oxygens (including phenoxy) is 1. The SMILES string of the molecule is O=C(Cc1ccc(C(F)(F)F)cc1)Nc1cccc2c1NC(=O)CO2. The lowest BCUT2D eigenvalue weighted by Gasteiger charge is -2.20. The number of halogens is 3. The lowest BCUT2D eigenvalue weighted by Crippen LogP contribution is -2.27. The Kier molecular flexibility index (Phi) is 4.35. The lowest BCUT2D eigenvalue weighted by atomic mass is 10.1. The van der Waals surface area contributed by atoms with Crippen molar-refractivity contribution in [1.82, 2.24) is 0 Å². The Morgan fingerprint density at radius 2 is 1.88 bits per heavy atom. The number of alkyl halides is 3. The van der Waals surface area contributed by atoms with Crippen LogP contribution in [-0.4, -0.2) is 18.4 Å². The molecule has 1 heterocycles. The predicted molar refractivity (Wildman–Crippen MR) is 84.3 cm³/mol. The highest BCUT2D eigenvalue weighted by Crippen LogP contribution is 2.35. The van der Waals surface area contributed by atoms with Crippen LogP contribution in [0, 0.1) is 0 Å². The van der Waals surface area contributed by atoms with Crippen LogP contribution in [-0.2, 0) is 22.2 Å². The summed E-state index contributed by atoms with van der Waals surface area (Å²) in [5.74, 6) is -0.322. The summed E-state index contributed by atoms with van der Waals surface area (Å²) in [6, 6.07) is 9.28. The van der Waals surface area contributed by atoms with Gasteiger partial charge in [0, 0.05) is 0 Å². The number of para-hydroxylation sites is 1. The fourth-order valence-electron chi connectivity index (χ4n) is 2.39. The molecule has 0 fully saturated rings. The van der Waals surface area contributed by atoms with Crippen molar-refractivity contribution in [2.75, 3.05) is 17.2 Å². The summed E-state index contributed by atoms with van der Waals surface area (Å²) >= 11 is 0. The maximum absolute atomic E-state index is 12.5. The summed E-state index contributed by atoms with van der Waals surface area (Å²) in [5.41, 5.74) is 0.395. The highest BCUT2D eigenvalue weighted by atomic mass is 19.4. The number of carbonyl (C=O) groups is 2. The zero-order valence-electron chi connectivity index (χ0n) is 12.8. The summed E-state index contributed by atoms with van der Waals surface area (Å²) in [7, 11) is 0. The Morgan fingerprint density at radius 3 is 2.56 bits per heavy atom. The molecule has 0 spiro atoms. The van der Waals surface area contributed by atoms with Crippen LogP contribution in [0.1, 0.15) is 11.1 Å². The van der Waals surface area contributed by atoms with Crippen molar-refractivity contribution < 1.29 is 27.5 Å². The molecular formula is C17H13F3N2O3. The highest BCUT2D eigenvalue weighted by molar-refractivity contribution is 6.03. The molecule has 0 atom stereocenters. The fraction of sp³-hybridized carbons (Fsp3) is 0.176. The third kappa shape index (κ3) is 3.90. The van der Waals surface area contributed by atoms with Crippen molar-refractivity contribution in [1.29, 1.82) is 0 Å². The molecule has 2 aromatic carbocycles. The van der Waals surface area contributed by atoms with Crippen molar-refractivity contribution in [2.45, 2.75) is 12.6 Å². The molecule has 2 N–H and O–H groups in total. The first-order valence-electron chi connectivity index (χ1n) is 7.34. The van der Waals surface area contributed by atoms with E-state index in [1.807, 2.05) is 0 Å². The topological polar surface area (TPSA) is 67.4 Å². The average Bonchev–Trinajstić information content (AvgIpc) is 2.55. The van der Waals surface area contributed by atoms with Crippen molar-refractivity contribution in [2.24, 2.45) is 0 Å². The molecule has 0 bridgehead atoms. The predicted octanol–water partition coefficient (Wildman–Crippen LogP) is 3.22.